The smallest absolute Gasteiger partial charge is 0.273 e. The SMILES string of the molecule is CC(CN(C)C(=O)c1cnccn1)C(N)=S. The van der Waals surface area contributed by atoms with Gasteiger partial charge in [0.2, 0.25) is 0 Å². The Morgan fingerprint density at radius 2 is 2.31 bits per heavy atom. The predicted octanol–water partition coefficient (Wildman–Crippen LogP) is 0.471. The molecule has 1 aromatic heterocycles. The highest BCUT2D eigenvalue weighted by atomic mass is 32.1. The Labute approximate surface area is 99.7 Å². The highest BCUT2D eigenvalue weighted by Crippen LogP contribution is 2.03. The van der Waals surface area contributed by atoms with E-state index in [1.54, 1.807) is 7.05 Å². The quantitative estimate of drug-likeness (QED) is 0.772. The van der Waals surface area contributed by atoms with Crippen molar-refractivity contribution in [1.82, 2.24) is 14.9 Å². The van der Waals surface area contributed by atoms with Crippen LogP contribution in [0.4, 0.5) is 0 Å². The van der Waals surface area contributed by atoms with Crippen molar-refractivity contribution < 1.29 is 4.79 Å². The van der Waals surface area contributed by atoms with E-state index in [2.05, 4.69) is 9.97 Å². The number of thiocarbonyl (C=S) groups is 1. The molecule has 5 nitrogen and oxygen atoms in total. The van der Waals surface area contributed by atoms with Gasteiger partial charge in [-0.25, -0.2) is 4.98 Å². The summed E-state index contributed by atoms with van der Waals surface area (Å²) in [6, 6.07) is 0. The molecule has 1 unspecified atom stereocenters. The van der Waals surface area contributed by atoms with Crippen LogP contribution < -0.4 is 5.73 Å². The fourth-order valence-electron chi connectivity index (χ4n) is 1.19. The van der Waals surface area contributed by atoms with Gasteiger partial charge in [-0.15, -0.1) is 0 Å². The van der Waals surface area contributed by atoms with Crippen molar-refractivity contribution in [2.45, 2.75) is 6.92 Å². The molecule has 86 valence electrons. The Morgan fingerprint density at radius 1 is 1.62 bits per heavy atom. The Balaban J connectivity index is 2.65. The molecule has 0 saturated heterocycles. The molecule has 0 saturated carbocycles. The molecule has 2 N–H and O–H groups in total. The van der Waals surface area contributed by atoms with Crippen molar-refractivity contribution in [3.8, 4) is 0 Å². The Kier molecular flexibility index (Phi) is 4.30. The van der Waals surface area contributed by atoms with E-state index in [0.717, 1.165) is 0 Å². The molecule has 0 fully saturated rings. The summed E-state index contributed by atoms with van der Waals surface area (Å²) in [6.07, 6.45) is 4.44. The van der Waals surface area contributed by atoms with Crippen molar-refractivity contribution in [3.63, 3.8) is 0 Å². The van der Waals surface area contributed by atoms with Crippen LogP contribution in [-0.2, 0) is 0 Å². The summed E-state index contributed by atoms with van der Waals surface area (Å²) >= 11 is 4.85. The highest BCUT2D eigenvalue weighted by Gasteiger charge is 2.16. The molecular weight excluding hydrogens is 224 g/mol. The zero-order valence-corrected chi connectivity index (χ0v) is 10.1. The van der Waals surface area contributed by atoms with E-state index in [1.165, 1.54) is 23.5 Å². The van der Waals surface area contributed by atoms with Gasteiger partial charge in [0, 0.05) is 31.9 Å². The van der Waals surface area contributed by atoms with Crippen molar-refractivity contribution in [2.75, 3.05) is 13.6 Å². The van der Waals surface area contributed by atoms with E-state index in [4.69, 9.17) is 18.0 Å². The maximum Gasteiger partial charge on any atom is 0.273 e. The molecule has 0 aromatic carbocycles. The van der Waals surface area contributed by atoms with Crippen molar-refractivity contribution in [3.05, 3.63) is 24.3 Å². The first kappa shape index (κ1) is 12.5. The minimum Gasteiger partial charge on any atom is -0.393 e. The fraction of sp³-hybridized carbons (Fsp3) is 0.400. The van der Waals surface area contributed by atoms with Gasteiger partial charge in [0.05, 0.1) is 11.2 Å². The van der Waals surface area contributed by atoms with Crippen LogP contribution in [0.15, 0.2) is 18.6 Å². The lowest BCUT2D eigenvalue weighted by atomic mass is 10.1. The van der Waals surface area contributed by atoms with Gasteiger partial charge in [0.1, 0.15) is 5.69 Å². The molecule has 6 heteroatoms. The molecule has 1 heterocycles. The summed E-state index contributed by atoms with van der Waals surface area (Å²) in [5.41, 5.74) is 5.81. The first-order valence-electron chi connectivity index (χ1n) is 4.83. The van der Waals surface area contributed by atoms with Crippen LogP contribution in [0, 0.1) is 5.92 Å². The molecule has 16 heavy (non-hydrogen) atoms. The zero-order valence-electron chi connectivity index (χ0n) is 9.25. The van der Waals surface area contributed by atoms with E-state index in [1.807, 2.05) is 6.92 Å². The molecule has 1 atom stereocenters. The highest BCUT2D eigenvalue weighted by molar-refractivity contribution is 7.80. The first-order chi connectivity index (χ1) is 7.52. The standard InChI is InChI=1S/C10H14N4OS/c1-7(9(11)16)6-14(2)10(15)8-5-12-3-4-13-8/h3-5,7H,6H2,1-2H3,(H2,11,16). The average Bonchev–Trinajstić information content (AvgIpc) is 2.28. The van der Waals surface area contributed by atoms with Crippen LogP contribution in [0.1, 0.15) is 17.4 Å². The number of amides is 1. The normalized spacial score (nSPS) is 11.9. The summed E-state index contributed by atoms with van der Waals surface area (Å²) < 4.78 is 0. The summed E-state index contributed by atoms with van der Waals surface area (Å²) in [4.78, 5) is 21.6. The Hall–Kier alpha value is -1.56. The largest absolute Gasteiger partial charge is 0.393 e. The van der Waals surface area contributed by atoms with Gasteiger partial charge >= 0.3 is 0 Å². The van der Waals surface area contributed by atoms with E-state index < -0.39 is 0 Å². The number of nitrogens with zero attached hydrogens (tertiary/aromatic N) is 3. The van der Waals surface area contributed by atoms with Gasteiger partial charge in [-0.05, 0) is 0 Å². The van der Waals surface area contributed by atoms with Gasteiger partial charge in [-0.2, -0.15) is 0 Å². The fourth-order valence-corrected chi connectivity index (χ4v) is 1.26. The lowest BCUT2D eigenvalue weighted by molar-refractivity contribution is 0.0780. The number of hydrogen-bond acceptors (Lipinski definition) is 4. The monoisotopic (exact) mass is 238 g/mol. The third kappa shape index (κ3) is 3.23. The van der Waals surface area contributed by atoms with Crippen LogP contribution in [0.5, 0.6) is 0 Å². The lowest BCUT2D eigenvalue weighted by Crippen LogP contribution is -2.35. The summed E-state index contributed by atoms with van der Waals surface area (Å²) in [7, 11) is 1.69. The minimum absolute atomic E-state index is 0.0133. The Morgan fingerprint density at radius 3 is 2.81 bits per heavy atom. The average molecular weight is 238 g/mol. The summed E-state index contributed by atoms with van der Waals surface area (Å²) in [6.45, 7) is 2.35. The van der Waals surface area contributed by atoms with Gasteiger partial charge in [-0.1, -0.05) is 19.1 Å². The second kappa shape index (κ2) is 5.50. The molecule has 1 rings (SSSR count). The molecule has 1 aromatic rings. The number of carbonyl (C=O) groups excluding carboxylic acids is 1. The maximum absolute atomic E-state index is 11.8. The van der Waals surface area contributed by atoms with E-state index in [-0.39, 0.29) is 11.8 Å². The number of aromatic nitrogens is 2. The van der Waals surface area contributed by atoms with E-state index in [0.29, 0.717) is 17.2 Å². The zero-order chi connectivity index (χ0) is 12.1. The molecule has 0 aliphatic carbocycles. The van der Waals surface area contributed by atoms with E-state index in [9.17, 15) is 4.79 Å². The van der Waals surface area contributed by atoms with Gasteiger partial charge in [-0.3, -0.25) is 9.78 Å². The van der Waals surface area contributed by atoms with Gasteiger partial charge in [0.25, 0.3) is 5.91 Å². The lowest BCUT2D eigenvalue weighted by Gasteiger charge is -2.20. The molecule has 0 spiro atoms. The summed E-state index contributed by atoms with van der Waals surface area (Å²) in [5, 5.41) is 0. The molecule has 0 bridgehead atoms. The second-order valence-corrected chi connectivity index (χ2v) is 4.05. The summed E-state index contributed by atoms with van der Waals surface area (Å²) in [5.74, 6) is -0.197. The van der Waals surface area contributed by atoms with Crippen molar-refractivity contribution in [2.24, 2.45) is 11.7 Å². The third-order valence-electron chi connectivity index (χ3n) is 2.16. The number of hydrogen-bond donors (Lipinski definition) is 1. The van der Waals surface area contributed by atoms with Crippen LogP contribution in [0.2, 0.25) is 0 Å². The molecular formula is C10H14N4OS. The topological polar surface area (TPSA) is 72.1 Å². The number of rotatable bonds is 4. The number of nitrogens with two attached hydrogens (primary N) is 1. The molecule has 0 radical (unpaired) electrons. The Bertz CT molecular complexity index is 382. The first-order valence-corrected chi connectivity index (χ1v) is 5.24. The van der Waals surface area contributed by atoms with Crippen LogP contribution in [-0.4, -0.2) is 39.4 Å². The van der Waals surface area contributed by atoms with Gasteiger partial charge in [0.15, 0.2) is 0 Å². The third-order valence-corrected chi connectivity index (χ3v) is 2.56. The molecule has 1 amide bonds. The van der Waals surface area contributed by atoms with Crippen molar-refractivity contribution in [1.29, 1.82) is 0 Å². The van der Waals surface area contributed by atoms with Crippen LogP contribution in [0.25, 0.3) is 0 Å². The predicted molar refractivity (Wildman–Crippen MR) is 64.9 cm³/mol. The second-order valence-electron chi connectivity index (χ2n) is 3.58. The molecule has 0 aliphatic heterocycles. The van der Waals surface area contributed by atoms with Gasteiger partial charge < -0.3 is 10.6 Å². The van der Waals surface area contributed by atoms with Crippen LogP contribution in [0.3, 0.4) is 0 Å². The minimum atomic E-state index is -0.184. The maximum atomic E-state index is 11.8. The van der Waals surface area contributed by atoms with E-state index >= 15 is 0 Å². The van der Waals surface area contributed by atoms with Crippen molar-refractivity contribution >= 4 is 23.1 Å². The molecule has 0 aliphatic rings. The number of carbonyl (C=O) groups is 1. The van der Waals surface area contributed by atoms with Crippen LogP contribution >= 0.6 is 12.2 Å².